The Bertz CT molecular complexity index is 632. The predicted molar refractivity (Wildman–Crippen MR) is 73.5 cm³/mol. The minimum absolute atomic E-state index is 0.625. The molecule has 1 aliphatic heterocycles. The van der Waals surface area contributed by atoms with Gasteiger partial charge in [0.25, 0.3) is 0 Å². The lowest BCUT2D eigenvalue weighted by Gasteiger charge is -2.12. The van der Waals surface area contributed by atoms with Gasteiger partial charge in [-0.1, -0.05) is 6.07 Å². The summed E-state index contributed by atoms with van der Waals surface area (Å²) in [5.74, 6) is 0.704. The summed E-state index contributed by atoms with van der Waals surface area (Å²) in [5.41, 5.74) is 4.41. The zero-order valence-corrected chi connectivity index (χ0v) is 11.8. The van der Waals surface area contributed by atoms with Crippen LogP contribution >= 0.6 is 15.9 Å². The van der Waals surface area contributed by atoms with Gasteiger partial charge in [0.05, 0.1) is 21.9 Å². The quantitative estimate of drug-likeness (QED) is 0.801. The van der Waals surface area contributed by atoms with Crippen molar-refractivity contribution in [3.8, 4) is 11.4 Å². The molecule has 2 aromatic heterocycles. The largest absolute Gasteiger partial charge is 0.264 e. The maximum Gasteiger partial charge on any atom is 0.125 e. The van der Waals surface area contributed by atoms with Crippen LogP contribution in [-0.2, 0) is 0 Å². The molecule has 0 saturated heterocycles. The molecule has 1 aliphatic carbocycles. The van der Waals surface area contributed by atoms with E-state index in [1.807, 2.05) is 25.1 Å². The molecule has 18 heavy (non-hydrogen) atoms. The zero-order chi connectivity index (χ0) is 12.3. The van der Waals surface area contributed by atoms with Crippen LogP contribution in [-0.4, -0.2) is 14.8 Å². The first-order valence-corrected chi connectivity index (χ1v) is 7.25. The number of hydrogen-bond donors (Lipinski definition) is 0. The topological polar surface area (TPSA) is 30.7 Å². The summed E-state index contributed by atoms with van der Waals surface area (Å²) in [5, 5.41) is 4.79. The van der Waals surface area contributed by atoms with Gasteiger partial charge >= 0.3 is 0 Å². The van der Waals surface area contributed by atoms with Crippen LogP contribution in [0.5, 0.6) is 0 Å². The van der Waals surface area contributed by atoms with Crippen LogP contribution in [0.4, 0.5) is 0 Å². The molecule has 3 heterocycles. The maximum atomic E-state index is 4.79. The van der Waals surface area contributed by atoms with Crippen molar-refractivity contribution in [3.05, 3.63) is 34.1 Å². The van der Waals surface area contributed by atoms with Gasteiger partial charge in [-0.25, -0.2) is 0 Å². The summed E-state index contributed by atoms with van der Waals surface area (Å²) in [7, 11) is 0. The molecule has 2 atom stereocenters. The van der Waals surface area contributed by atoms with E-state index in [4.69, 9.17) is 5.10 Å². The van der Waals surface area contributed by atoms with Gasteiger partial charge in [-0.3, -0.25) is 9.67 Å². The van der Waals surface area contributed by atoms with Crippen molar-refractivity contribution >= 4 is 15.9 Å². The lowest BCUT2D eigenvalue weighted by Crippen LogP contribution is -2.07. The third kappa shape index (κ3) is 1.35. The highest BCUT2D eigenvalue weighted by Gasteiger charge is 2.40. The molecule has 0 amide bonds. The number of fused-ring (bicyclic) bond motifs is 5. The van der Waals surface area contributed by atoms with Crippen LogP contribution < -0.4 is 0 Å². The van der Waals surface area contributed by atoms with Gasteiger partial charge < -0.3 is 0 Å². The van der Waals surface area contributed by atoms with E-state index < -0.39 is 0 Å². The van der Waals surface area contributed by atoms with Crippen molar-refractivity contribution in [1.29, 1.82) is 0 Å². The van der Waals surface area contributed by atoms with Crippen molar-refractivity contribution < 1.29 is 0 Å². The van der Waals surface area contributed by atoms with Crippen molar-refractivity contribution in [2.45, 2.75) is 38.1 Å². The average molecular weight is 304 g/mol. The Morgan fingerprint density at radius 1 is 1.33 bits per heavy atom. The SMILES string of the molecule is Cc1cccc(-c2nn3c(c2Br)C2CCC3C2)n1. The Balaban J connectivity index is 1.89. The van der Waals surface area contributed by atoms with Crippen LogP contribution in [0.1, 0.15) is 42.6 Å². The second-order valence-corrected chi connectivity index (χ2v) is 6.11. The minimum atomic E-state index is 0.625. The molecule has 0 spiro atoms. The standard InChI is InChI=1S/C14H14BrN3/c1-8-3-2-4-11(16-8)13-12(15)14-9-5-6-10(7-9)18(14)17-13/h2-4,9-10H,5-7H2,1H3. The van der Waals surface area contributed by atoms with Gasteiger partial charge in [0.2, 0.25) is 0 Å². The summed E-state index contributed by atoms with van der Waals surface area (Å²) in [6.07, 6.45) is 3.88. The van der Waals surface area contributed by atoms with Gasteiger partial charge in [0, 0.05) is 11.6 Å². The van der Waals surface area contributed by atoms with E-state index >= 15 is 0 Å². The molecule has 2 aliphatic rings. The Hall–Kier alpha value is -1.16. The van der Waals surface area contributed by atoms with Crippen LogP contribution in [0, 0.1) is 6.92 Å². The molecule has 3 nitrogen and oxygen atoms in total. The molecular formula is C14H14BrN3. The molecule has 1 fully saturated rings. The lowest BCUT2D eigenvalue weighted by molar-refractivity contribution is 0.477. The summed E-state index contributed by atoms with van der Waals surface area (Å²) < 4.78 is 3.39. The van der Waals surface area contributed by atoms with E-state index in [1.165, 1.54) is 25.0 Å². The number of aromatic nitrogens is 3. The van der Waals surface area contributed by atoms with Crippen molar-refractivity contribution in [2.75, 3.05) is 0 Å². The molecule has 2 aromatic rings. The highest BCUT2D eigenvalue weighted by atomic mass is 79.9. The average Bonchev–Trinajstić information content (AvgIpc) is 3.02. The Labute approximate surface area is 114 Å². The van der Waals surface area contributed by atoms with Gasteiger partial charge in [0.15, 0.2) is 0 Å². The maximum absolute atomic E-state index is 4.79. The van der Waals surface area contributed by atoms with E-state index in [0.717, 1.165) is 21.6 Å². The molecular weight excluding hydrogens is 290 g/mol. The van der Waals surface area contributed by atoms with Crippen molar-refractivity contribution in [1.82, 2.24) is 14.8 Å². The van der Waals surface area contributed by atoms with Crippen LogP contribution in [0.2, 0.25) is 0 Å². The fourth-order valence-corrected chi connectivity index (χ4v) is 4.13. The fourth-order valence-electron chi connectivity index (χ4n) is 3.34. The molecule has 1 saturated carbocycles. The summed E-state index contributed by atoms with van der Waals surface area (Å²) in [6.45, 7) is 2.02. The van der Waals surface area contributed by atoms with Crippen molar-refractivity contribution in [3.63, 3.8) is 0 Å². The van der Waals surface area contributed by atoms with Gasteiger partial charge in [-0.15, -0.1) is 0 Å². The second-order valence-electron chi connectivity index (χ2n) is 5.32. The second kappa shape index (κ2) is 3.67. The number of rotatable bonds is 1. The molecule has 2 unspecified atom stereocenters. The third-order valence-corrected chi connectivity index (χ3v) is 4.94. The summed E-state index contributed by atoms with van der Waals surface area (Å²) >= 11 is 3.74. The Morgan fingerprint density at radius 3 is 3.00 bits per heavy atom. The first-order chi connectivity index (χ1) is 8.74. The molecule has 0 radical (unpaired) electrons. The normalized spacial score (nSPS) is 24.6. The predicted octanol–water partition coefficient (Wildman–Crippen LogP) is 3.84. The highest BCUT2D eigenvalue weighted by molar-refractivity contribution is 9.10. The van der Waals surface area contributed by atoms with Crippen LogP contribution in [0.3, 0.4) is 0 Å². The first-order valence-electron chi connectivity index (χ1n) is 6.46. The number of nitrogens with zero attached hydrogens (tertiary/aromatic N) is 3. The fraction of sp³-hybridized carbons (Fsp3) is 0.429. The molecule has 0 N–H and O–H groups in total. The summed E-state index contributed by atoms with van der Waals surface area (Å²) in [6, 6.07) is 6.73. The summed E-state index contributed by atoms with van der Waals surface area (Å²) in [4.78, 5) is 4.58. The molecule has 2 bridgehead atoms. The molecule has 92 valence electrons. The van der Waals surface area contributed by atoms with Gasteiger partial charge in [-0.05, 0) is 54.2 Å². The van der Waals surface area contributed by atoms with E-state index in [0.29, 0.717) is 12.0 Å². The lowest BCUT2D eigenvalue weighted by atomic mass is 10.0. The van der Waals surface area contributed by atoms with Gasteiger partial charge in [0.1, 0.15) is 5.69 Å². The van der Waals surface area contributed by atoms with Crippen LogP contribution in [0.25, 0.3) is 11.4 Å². The van der Waals surface area contributed by atoms with Gasteiger partial charge in [-0.2, -0.15) is 5.10 Å². The van der Waals surface area contributed by atoms with E-state index in [1.54, 1.807) is 0 Å². The third-order valence-electron chi connectivity index (χ3n) is 4.16. The Morgan fingerprint density at radius 2 is 2.22 bits per heavy atom. The molecule has 0 aromatic carbocycles. The molecule has 4 rings (SSSR count). The number of pyridine rings is 1. The van der Waals surface area contributed by atoms with E-state index in [2.05, 4.69) is 25.6 Å². The Kier molecular flexibility index (Phi) is 2.19. The number of halogens is 1. The number of hydrogen-bond acceptors (Lipinski definition) is 2. The minimum Gasteiger partial charge on any atom is -0.264 e. The zero-order valence-electron chi connectivity index (χ0n) is 10.2. The van der Waals surface area contributed by atoms with E-state index in [9.17, 15) is 0 Å². The highest BCUT2D eigenvalue weighted by Crippen LogP contribution is 2.52. The number of aryl methyl sites for hydroxylation is 1. The monoisotopic (exact) mass is 303 g/mol. The molecule has 4 heteroatoms. The first kappa shape index (κ1) is 10.7. The van der Waals surface area contributed by atoms with Crippen LogP contribution in [0.15, 0.2) is 22.7 Å². The van der Waals surface area contributed by atoms with E-state index in [-0.39, 0.29) is 0 Å². The smallest absolute Gasteiger partial charge is 0.125 e. The van der Waals surface area contributed by atoms with Crippen molar-refractivity contribution in [2.24, 2.45) is 0 Å².